The highest BCUT2D eigenvalue weighted by molar-refractivity contribution is 7.99. The van der Waals surface area contributed by atoms with Crippen molar-refractivity contribution in [2.24, 2.45) is 0 Å². The van der Waals surface area contributed by atoms with Gasteiger partial charge in [0.2, 0.25) is 0 Å². The molecule has 3 nitrogen and oxygen atoms in total. The van der Waals surface area contributed by atoms with Crippen LogP contribution in [-0.2, 0) is 13.1 Å². The fraction of sp³-hybridized carbons (Fsp3) is 0.714. The molecule has 0 bridgehead atoms. The molecular formula is C14H22N2OS. The maximum Gasteiger partial charge on any atom is 0.118 e. The molecule has 2 heterocycles. The minimum atomic E-state index is 0.766. The zero-order valence-electron chi connectivity index (χ0n) is 11.1. The van der Waals surface area contributed by atoms with Crippen molar-refractivity contribution in [2.45, 2.75) is 38.9 Å². The van der Waals surface area contributed by atoms with Gasteiger partial charge in [0.15, 0.2) is 0 Å². The number of furan rings is 1. The quantitative estimate of drug-likeness (QED) is 0.886. The van der Waals surface area contributed by atoms with Crippen LogP contribution in [0.1, 0.15) is 29.9 Å². The lowest BCUT2D eigenvalue weighted by Crippen LogP contribution is -2.31. The number of rotatable bonds is 5. The predicted octanol–water partition coefficient (Wildman–Crippen LogP) is 2.39. The lowest BCUT2D eigenvalue weighted by atomic mass is 10.2. The van der Waals surface area contributed by atoms with E-state index in [4.69, 9.17) is 4.42 Å². The molecule has 4 heteroatoms. The highest BCUT2D eigenvalue weighted by Gasteiger charge is 2.21. The van der Waals surface area contributed by atoms with E-state index in [0.717, 1.165) is 30.7 Å². The maximum atomic E-state index is 5.88. The fourth-order valence-electron chi connectivity index (χ4n) is 2.36. The third-order valence-electron chi connectivity index (χ3n) is 3.71. The zero-order valence-corrected chi connectivity index (χ0v) is 11.9. The van der Waals surface area contributed by atoms with Gasteiger partial charge in [-0.05, 0) is 25.8 Å². The number of thioether (sulfide) groups is 1. The largest absolute Gasteiger partial charge is 0.465 e. The van der Waals surface area contributed by atoms with Gasteiger partial charge in [0.25, 0.3) is 0 Å². The molecule has 0 unspecified atom stereocenters. The summed E-state index contributed by atoms with van der Waals surface area (Å²) in [6.07, 6.45) is 2.68. The Morgan fingerprint density at radius 2 is 2.17 bits per heavy atom. The van der Waals surface area contributed by atoms with Crippen molar-refractivity contribution >= 4 is 11.8 Å². The standard InChI is InChI=1S/C14H22N2OS/c1-11-12(9-15-13-2-3-13)8-14(17-11)10-16-4-6-18-7-5-16/h8,13,15H,2-7,9-10H2,1H3. The monoisotopic (exact) mass is 266 g/mol. The van der Waals surface area contributed by atoms with Crippen molar-refractivity contribution < 1.29 is 4.42 Å². The molecule has 0 spiro atoms. The van der Waals surface area contributed by atoms with Gasteiger partial charge >= 0.3 is 0 Å². The van der Waals surface area contributed by atoms with E-state index in [9.17, 15) is 0 Å². The van der Waals surface area contributed by atoms with Gasteiger partial charge in [0.05, 0.1) is 6.54 Å². The first-order valence-corrected chi connectivity index (χ1v) is 8.08. The molecule has 0 radical (unpaired) electrons. The van der Waals surface area contributed by atoms with E-state index in [0.29, 0.717) is 0 Å². The Labute approximate surface area is 113 Å². The lowest BCUT2D eigenvalue weighted by Gasteiger charge is -2.24. The second-order valence-electron chi connectivity index (χ2n) is 5.34. The average Bonchev–Trinajstić information content (AvgIpc) is 3.14. The Morgan fingerprint density at radius 3 is 2.89 bits per heavy atom. The van der Waals surface area contributed by atoms with Crippen LogP contribution in [0.3, 0.4) is 0 Å². The summed E-state index contributed by atoms with van der Waals surface area (Å²) in [5.74, 6) is 4.74. The van der Waals surface area contributed by atoms with Gasteiger partial charge in [-0.25, -0.2) is 0 Å². The predicted molar refractivity (Wildman–Crippen MR) is 75.9 cm³/mol. The minimum absolute atomic E-state index is 0.766. The highest BCUT2D eigenvalue weighted by Crippen LogP contribution is 2.22. The molecule has 2 aliphatic rings. The third kappa shape index (κ3) is 3.31. The summed E-state index contributed by atoms with van der Waals surface area (Å²) >= 11 is 2.05. The summed E-state index contributed by atoms with van der Waals surface area (Å²) in [5, 5.41) is 3.55. The van der Waals surface area contributed by atoms with Crippen LogP contribution in [0.2, 0.25) is 0 Å². The Morgan fingerprint density at radius 1 is 1.39 bits per heavy atom. The Balaban J connectivity index is 1.56. The molecular weight excluding hydrogens is 244 g/mol. The zero-order chi connectivity index (χ0) is 12.4. The molecule has 0 amide bonds. The molecule has 100 valence electrons. The van der Waals surface area contributed by atoms with Gasteiger partial charge in [-0.1, -0.05) is 0 Å². The smallest absolute Gasteiger partial charge is 0.118 e. The fourth-order valence-corrected chi connectivity index (χ4v) is 3.34. The first-order chi connectivity index (χ1) is 8.81. The number of hydrogen-bond acceptors (Lipinski definition) is 4. The van der Waals surface area contributed by atoms with E-state index in [1.165, 1.54) is 43.0 Å². The summed E-state index contributed by atoms with van der Waals surface area (Å²) in [5.41, 5.74) is 1.34. The lowest BCUT2D eigenvalue weighted by molar-refractivity contribution is 0.266. The van der Waals surface area contributed by atoms with E-state index in [-0.39, 0.29) is 0 Å². The molecule has 1 saturated heterocycles. The molecule has 1 aliphatic heterocycles. The summed E-state index contributed by atoms with van der Waals surface area (Å²) in [7, 11) is 0. The third-order valence-corrected chi connectivity index (χ3v) is 4.66. The van der Waals surface area contributed by atoms with Gasteiger partial charge in [-0.2, -0.15) is 11.8 Å². The van der Waals surface area contributed by atoms with E-state index in [1.54, 1.807) is 0 Å². The highest BCUT2D eigenvalue weighted by atomic mass is 32.2. The Kier molecular flexibility index (Phi) is 3.97. The topological polar surface area (TPSA) is 28.4 Å². The molecule has 1 N–H and O–H groups in total. The number of aryl methyl sites for hydroxylation is 1. The van der Waals surface area contributed by atoms with Crippen LogP contribution in [0.5, 0.6) is 0 Å². The van der Waals surface area contributed by atoms with Gasteiger partial charge in [0.1, 0.15) is 11.5 Å². The van der Waals surface area contributed by atoms with Gasteiger partial charge in [-0.3, -0.25) is 4.90 Å². The molecule has 18 heavy (non-hydrogen) atoms. The molecule has 1 aromatic heterocycles. The van der Waals surface area contributed by atoms with E-state index < -0.39 is 0 Å². The van der Waals surface area contributed by atoms with Crippen LogP contribution >= 0.6 is 11.8 Å². The molecule has 0 atom stereocenters. The number of nitrogens with one attached hydrogen (secondary N) is 1. The molecule has 3 rings (SSSR count). The van der Waals surface area contributed by atoms with E-state index >= 15 is 0 Å². The van der Waals surface area contributed by atoms with E-state index in [2.05, 4.69) is 35.0 Å². The summed E-state index contributed by atoms with van der Waals surface area (Å²) in [6, 6.07) is 3.01. The molecule has 0 aromatic carbocycles. The minimum Gasteiger partial charge on any atom is -0.465 e. The van der Waals surface area contributed by atoms with Crippen LogP contribution in [0, 0.1) is 6.92 Å². The summed E-state index contributed by atoms with van der Waals surface area (Å²) < 4.78 is 5.88. The Hall–Kier alpha value is -0.450. The SMILES string of the molecule is Cc1oc(CN2CCSCC2)cc1CNC1CC1. The Bertz CT molecular complexity index is 394. The van der Waals surface area contributed by atoms with Crippen molar-refractivity contribution in [1.82, 2.24) is 10.2 Å². The van der Waals surface area contributed by atoms with Crippen molar-refractivity contribution in [3.8, 4) is 0 Å². The van der Waals surface area contributed by atoms with Crippen LogP contribution in [-0.4, -0.2) is 35.5 Å². The van der Waals surface area contributed by atoms with E-state index in [1.807, 2.05) is 0 Å². The first kappa shape index (κ1) is 12.6. The van der Waals surface area contributed by atoms with Gasteiger partial charge in [-0.15, -0.1) is 0 Å². The molecule has 2 fully saturated rings. The molecule has 1 aromatic rings. The van der Waals surface area contributed by atoms with Gasteiger partial charge < -0.3 is 9.73 Å². The van der Waals surface area contributed by atoms with Crippen molar-refractivity contribution in [3.63, 3.8) is 0 Å². The number of nitrogens with zero attached hydrogens (tertiary/aromatic N) is 1. The van der Waals surface area contributed by atoms with Crippen molar-refractivity contribution in [2.75, 3.05) is 24.6 Å². The normalized spacial score (nSPS) is 21.4. The molecule has 1 saturated carbocycles. The van der Waals surface area contributed by atoms with Crippen molar-refractivity contribution in [1.29, 1.82) is 0 Å². The molecule has 1 aliphatic carbocycles. The van der Waals surface area contributed by atoms with Gasteiger partial charge in [0, 0.05) is 42.7 Å². The van der Waals surface area contributed by atoms with Crippen LogP contribution < -0.4 is 5.32 Å². The first-order valence-electron chi connectivity index (χ1n) is 6.93. The van der Waals surface area contributed by atoms with Crippen LogP contribution in [0.4, 0.5) is 0 Å². The maximum absolute atomic E-state index is 5.88. The number of hydrogen-bond donors (Lipinski definition) is 1. The van der Waals surface area contributed by atoms with Crippen LogP contribution in [0.25, 0.3) is 0 Å². The summed E-state index contributed by atoms with van der Waals surface area (Å²) in [4.78, 5) is 2.49. The van der Waals surface area contributed by atoms with Crippen molar-refractivity contribution in [3.05, 3.63) is 23.2 Å². The summed E-state index contributed by atoms with van der Waals surface area (Å²) in [6.45, 7) is 6.42. The average molecular weight is 266 g/mol. The second-order valence-corrected chi connectivity index (χ2v) is 6.56. The van der Waals surface area contributed by atoms with Crippen LogP contribution in [0.15, 0.2) is 10.5 Å². The second kappa shape index (κ2) is 5.68.